The van der Waals surface area contributed by atoms with Gasteiger partial charge in [0.25, 0.3) is 0 Å². The summed E-state index contributed by atoms with van der Waals surface area (Å²) in [6, 6.07) is 0. The molecule has 0 radical (unpaired) electrons. The predicted octanol–water partition coefficient (Wildman–Crippen LogP) is 0.630. The number of hydrogen-bond acceptors (Lipinski definition) is 6. The molecule has 0 aliphatic heterocycles. The van der Waals surface area contributed by atoms with Crippen molar-refractivity contribution < 1.29 is 19.4 Å². The lowest BCUT2D eigenvalue weighted by atomic mass is 10.4. The molecule has 0 aromatic heterocycles. The Balaban J connectivity index is 3.60. The van der Waals surface area contributed by atoms with Crippen molar-refractivity contribution in [2.75, 3.05) is 26.4 Å². The average molecular weight is 238 g/mol. The lowest BCUT2D eigenvalue weighted by Gasteiger charge is -2.05. The summed E-state index contributed by atoms with van der Waals surface area (Å²) in [4.78, 5) is 11.1. The first-order chi connectivity index (χ1) is 6.59. The Kier molecular flexibility index (Phi) is 8.07. The van der Waals surface area contributed by atoms with Crippen LogP contribution in [0.1, 0.15) is 6.92 Å². The van der Waals surface area contributed by atoms with Crippen molar-refractivity contribution >= 4 is 31.2 Å². The smallest absolute Gasteiger partial charge is 0.335 e. The van der Waals surface area contributed by atoms with E-state index in [2.05, 4.69) is 25.3 Å². The number of hydrogen-bond donors (Lipinski definition) is 3. The summed E-state index contributed by atoms with van der Waals surface area (Å²) in [5.74, 6) is -0.461. The average Bonchev–Trinajstić information content (AvgIpc) is 2.16. The Morgan fingerprint density at radius 2 is 1.93 bits per heavy atom. The molecule has 0 bridgehead atoms. The summed E-state index contributed by atoms with van der Waals surface area (Å²) >= 11 is 7.78. The van der Waals surface area contributed by atoms with Crippen LogP contribution in [0, 0.1) is 0 Å². The maximum Gasteiger partial charge on any atom is 0.335 e. The van der Waals surface area contributed by atoms with Gasteiger partial charge in [0.2, 0.25) is 0 Å². The maximum absolute atomic E-state index is 11.1. The molecule has 0 aromatic rings. The molecule has 0 heterocycles. The number of thiol groups is 2. The molecule has 82 valence electrons. The molecular formula is C8H14O4S2. The number of carbonyl (C=O) groups excluding carboxylic acids is 1. The number of rotatable bonds is 6. The molecule has 0 aliphatic carbocycles. The number of aliphatic hydroxyl groups excluding tert-OH is 1. The van der Waals surface area contributed by atoms with E-state index < -0.39 is 5.97 Å². The lowest BCUT2D eigenvalue weighted by Crippen LogP contribution is -2.12. The van der Waals surface area contributed by atoms with E-state index in [1.54, 1.807) is 6.92 Å². The van der Waals surface area contributed by atoms with Crippen molar-refractivity contribution in [3.05, 3.63) is 9.81 Å². The third-order valence-corrected chi connectivity index (χ3v) is 2.01. The van der Waals surface area contributed by atoms with E-state index in [0.29, 0.717) is 9.81 Å². The summed E-state index contributed by atoms with van der Waals surface area (Å²) in [6.45, 7) is 2.21. The van der Waals surface area contributed by atoms with Crippen molar-refractivity contribution in [1.29, 1.82) is 0 Å². The molecule has 0 saturated heterocycles. The van der Waals surface area contributed by atoms with Crippen molar-refractivity contribution in [2.45, 2.75) is 6.92 Å². The first kappa shape index (κ1) is 13.8. The van der Waals surface area contributed by atoms with Gasteiger partial charge in [-0.05, 0) is 6.92 Å². The van der Waals surface area contributed by atoms with Gasteiger partial charge in [0.15, 0.2) is 0 Å². The van der Waals surface area contributed by atoms with Gasteiger partial charge in [-0.25, -0.2) is 4.79 Å². The van der Waals surface area contributed by atoms with Gasteiger partial charge in [-0.1, -0.05) is 0 Å². The standard InChI is InChI=1S/C8H14O4S2/c1-6(8(13)14)7(10)12-5-4-11-3-2-9/h9,13-14H,2-5H2,1H3. The highest BCUT2D eigenvalue weighted by atomic mass is 32.2. The minimum atomic E-state index is -0.461. The van der Waals surface area contributed by atoms with Gasteiger partial charge in [-0.2, -0.15) is 0 Å². The summed E-state index contributed by atoms with van der Waals surface area (Å²) in [6.07, 6.45) is 0. The normalized spacial score (nSPS) is 9.71. The van der Waals surface area contributed by atoms with Gasteiger partial charge >= 0.3 is 5.97 Å². The van der Waals surface area contributed by atoms with Gasteiger partial charge in [0.05, 0.1) is 25.4 Å². The third-order valence-electron chi connectivity index (χ3n) is 1.34. The van der Waals surface area contributed by atoms with E-state index in [9.17, 15) is 4.79 Å². The van der Waals surface area contributed by atoms with Crippen LogP contribution in [0.25, 0.3) is 0 Å². The summed E-state index contributed by atoms with van der Waals surface area (Å²) < 4.78 is 10.0. The lowest BCUT2D eigenvalue weighted by molar-refractivity contribution is -0.140. The van der Waals surface area contributed by atoms with Gasteiger partial charge in [-0.3, -0.25) is 0 Å². The molecule has 4 nitrogen and oxygen atoms in total. The van der Waals surface area contributed by atoms with Crippen LogP contribution in [0.4, 0.5) is 0 Å². The number of carbonyl (C=O) groups is 1. The zero-order valence-corrected chi connectivity index (χ0v) is 9.68. The predicted molar refractivity (Wildman–Crippen MR) is 59.5 cm³/mol. The van der Waals surface area contributed by atoms with Gasteiger partial charge in [0.1, 0.15) is 6.61 Å². The molecule has 0 fully saturated rings. The molecule has 6 heteroatoms. The second kappa shape index (κ2) is 8.16. The first-order valence-corrected chi connectivity index (χ1v) is 4.93. The van der Waals surface area contributed by atoms with Gasteiger partial charge in [0, 0.05) is 4.24 Å². The van der Waals surface area contributed by atoms with Crippen LogP contribution in [0.3, 0.4) is 0 Å². The van der Waals surface area contributed by atoms with Crippen molar-refractivity contribution in [2.24, 2.45) is 0 Å². The number of esters is 1. The molecule has 0 rings (SSSR count). The van der Waals surface area contributed by atoms with Crippen LogP contribution in [-0.2, 0) is 14.3 Å². The van der Waals surface area contributed by atoms with Crippen molar-refractivity contribution in [1.82, 2.24) is 0 Å². The summed E-state index contributed by atoms with van der Waals surface area (Å²) in [5.41, 5.74) is 0.360. The molecular weight excluding hydrogens is 224 g/mol. The minimum absolute atomic E-state index is 0.0374. The van der Waals surface area contributed by atoms with E-state index in [4.69, 9.17) is 14.6 Å². The minimum Gasteiger partial charge on any atom is -0.460 e. The van der Waals surface area contributed by atoms with E-state index >= 15 is 0 Å². The molecule has 0 spiro atoms. The van der Waals surface area contributed by atoms with E-state index in [0.717, 1.165) is 0 Å². The highest BCUT2D eigenvalue weighted by Gasteiger charge is 2.07. The van der Waals surface area contributed by atoms with Gasteiger partial charge in [-0.15, -0.1) is 25.3 Å². The van der Waals surface area contributed by atoms with Crippen LogP contribution >= 0.6 is 25.3 Å². The largest absolute Gasteiger partial charge is 0.460 e. The second-order valence-electron chi connectivity index (χ2n) is 2.42. The number of aliphatic hydroxyl groups is 1. The van der Waals surface area contributed by atoms with Crippen LogP contribution in [-0.4, -0.2) is 37.5 Å². The fourth-order valence-electron chi connectivity index (χ4n) is 0.559. The highest BCUT2D eigenvalue weighted by molar-refractivity contribution is 8.05. The first-order valence-electron chi connectivity index (χ1n) is 4.04. The maximum atomic E-state index is 11.1. The summed E-state index contributed by atoms with van der Waals surface area (Å²) in [7, 11) is 0. The SMILES string of the molecule is CC(C(=O)OCCOCCO)=C(S)S. The molecule has 14 heavy (non-hydrogen) atoms. The highest BCUT2D eigenvalue weighted by Crippen LogP contribution is 2.13. The second-order valence-corrected chi connectivity index (χ2v) is 3.67. The Labute approximate surface area is 94.1 Å². The van der Waals surface area contributed by atoms with E-state index in [1.165, 1.54) is 0 Å². The van der Waals surface area contributed by atoms with Crippen LogP contribution in [0.2, 0.25) is 0 Å². The number of ether oxygens (including phenoxy) is 2. The molecule has 1 N–H and O–H groups in total. The molecule has 0 atom stereocenters. The van der Waals surface area contributed by atoms with E-state index in [-0.39, 0.29) is 26.4 Å². The van der Waals surface area contributed by atoms with Crippen molar-refractivity contribution in [3.63, 3.8) is 0 Å². The Bertz CT molecular complexity index is 211. The summed E-state index contributed by atoms with van der Waals surface area (Å²) in [5, 5.41) is 8.38. The fraction of sp³-hybridized carbons (Fsp3) is 0.625. The quantitative estimate of drug-likeness (QED) is 0.275. The molecule has 0 saturated carbocycles. The van der Waals surface area contributed by atoms with Gasteiger partial charge < -0.3 is 14.6 Å². The third kappa shape index (κ3) is 6.31. The van der Waals surface area contributed by atoms with Crippen LogP contribution in [0.5, 0.6) is 0 Å². The van der Waals surface area contributed by atoms with Crippen LogP contribution < -0.4 is 0 Å². The molecule has 0 amide bonds. The Hall–Kier alpha value is -0.170. The topological polar surface area (TPSA) is 55.8 Å². The van der Waals surface area contributed by atoms with Crippen molar-refractivity contribution in [3.8, 4) is 0 Å². The van der Waals surface area contributed by atoms with E-state index in [1.807, 2.05) is 0 Å². The Morgan fingerprint density at radius 1 is 1.29 bits per heavy atom. The Morgan fingerprint density at radius 3 is 2.43 bits per heavy atom. The zero-order valence-electron chi connectivity index (χ0n) is 7.89. The molecule has 0 aliphatic rings. The monoisotopic (exact) mass is 238 g/mol. The molecule has 0 unspecified atom stereocenters. The fourth-order valence-corrected chi connectivity index (χ4v) is 0.742. The molecule has 0 aromatic carbocycles. The van der Waals surface area contributed by atoms with Crippen LogP contribution in [0.15, 0.2) is 9.81 Å². The zero-order chi connectivity index (χ0) is 11.0.